The van der Waals surface area contributed by atoms with Gasteiger partial charge in [-0.05, 0) is 55.7 Å². The minimum atomic E-state index is -0.206. The first kappa shape index (κ1) is 19.7. The van der Waals surface area contributed by atoms with Crippen molar-refractivity contribution in [1.29, 1.82) is 0 Å². The van der Waals surface area contributed by atoms with Gasteiger partial charge < -0.3 is 24.3 Å². The number of rotatable bonds is 8. The lowest BCUT2D eigenvalue weighted by atomic mass is 10.1. The molecule has 0 bridgehead atoms. The zero-order valence-corrected chi connectivity index (χ0v) is 16.2. The van der Waals surface area contributed by atoms with Gasteiger partial charge in [0.2, 0.25) is 0 Å². The smallest absolute Gasteiger partial charge is 0.258 e. The van der Waals surface area contributed by atoms with Crippen LogP contribution in [0.5, 0.6) is 17.2 Å². The number of fused-ring (bicyclic) bond motifs is 1. The third kappa shape index (κ3) is 5.49. The number of hydrogen-bond acceptors (Lipinski definition) is 5. The molecule has 28 heavy (non-hydrogen) atoms. The minimum Gasteiger partial charge on any atom is -0.486 e. The molecule has 0 aromatic heterocycles. The van der Waals surface area contributed by atoms with E-state index in [-0.39, 0.29) is 24.3 Å². The molecule has 6 nitrogen and oxygen atoms in total. The van der Waals surface area contributed by atoms with E-state index in [2.05, 4.69) is 5.32 Å². The van der Waals surface area contributed by atoms with Crippen LogP contribution in [0.4, 0.5) is 0 Å². The van der Waals surface area contributed by atoms with Crippen LogP contribution in [-0.2, 0) is 16.0 Å². The Hall–Kier alpha value is -3.02. The lowest BCUT2D eigenvalue weighted by molar-refractivity contribution is -0.123. The first-order chi connectivity index (χ1) is 13.5. The van der Waals surface area contributed by atoms with Gasteiger partial charge in [0, 0.05) is 6.42 Å². The van der Waals surface area contributed by atoms with Gasteiger partial charge in [-0.3, -0.25) is 4.79 Å². The van der Waals surface area contributed by atoms with E-state index in [0.717, 1.165) is 16.9 Å². The van der Waals surface area contributed by atoms with Crippen molar-refractivity contribution in [1.82, 2.24) is 5.32 Å². The highest BCUT2D eigenvalue weighted by atomic mass is 16.6. The van der Waals surface area contributed by atoms with E-state index >= 15 is 0 Å². The van der Waals surface area contributed by atoms with Crippen molar-refractivity contribution in [3.8, 4) is 17.2 Å². The number of ketones is 1. The largest absolute Gasteiger partial charge is 0.486 e. The highest BCUT2D eigenvalue weighted by molar-refractivity contribution is 5.78. The standard InChI is InChI=1S/C22H25NO5/c1-15(24)3-4-17-5-8-19(9-6-17)28-14-22(25)23-16(2)18-7-10-20-21(13-18)27-12-11-26-20/h5-10,13,16H,3-4,11-12,14H2,1-2H3,(H,23,25)/t16-/m1/s1. The first-order valence-electron chi connectivity index (χ1n) is 9.41. The molecule has 2 aromatic carbocycles. The molecule has 6 heteroatoms. The third-order valence-electron chi connectivity index (χ3n) is 4.50. The maximum absolute atomic E-state index is 12.2. The van der Waals surface area contributed by atoms with Crippen LogP contribution in [0.2, 0.25) is 0 Å². The molecule has 2 aromatic rings. The van der Waals surface area contributed by atoms with Gasteiger partial charge >= 0.3 is 0 Å². The predicted molar refractivity (Wildman–Crippen MR) is 105 cm³/mol. The summed E-state index contributed by atoms with van der Waals surface area (Å²) in [5.41, 5.74) is 2.01. The van der Waals surface area contributed by atoms with Crippen molar-refractivity contribution in [2.75, 3.05) is 19.8 Å². The van der Waals surface area contributed by atoms with Crippen molar-refractivity contribution in [2.45, 2.75) is 32.7 Å². The summed E-state index contributed by atoms with van der Waals surface area (Å²) in [6.45, 7) is 4.50. The lowest BCUT2D eigenvalue weighted by Gasteiger charge is -2.21. The van der Waals surface area contributed by atoms with Crippen molar-refractivity contribution < 1.29 is 23.8 Å². The highest BCUT2D eigenvalue weighted by Crippen LogP contribution is 2.32. The lowest BCUT2D eigenvalue weighted by Crippen LogP contribution is -2.31. The van der Waals surface area contributed by atoms with Gasteiger partial charge in [0.15, 0.2) is 18.1 Å². The zero-order valence-electron chi connectivity index (χ0n) is 16.2. The Labute approximate surface area is 164 Å². The molecule has 148 valence electrons. The number of carbonyl (C=O) groups is 2. The van der Waals surface area contributed by atoms with Gasteiger partial charge in [-0.25, -0.2) is 0 Å². The molecular formula is C22H25NO5. The molecule has 0 radical (unpaired) electrons. The molecule has 3 rings (SSSR count). The number of Topliss-reactive ketones (excluding diaryl/α,β-unsaturated/α-hetero) is 1. The van der Waals surface area contributed by atoms with E-state index in [1.807, 2.05) is 49.4 Å². The molecule has 0 saturated carbocycles. The molecule has 1 aliphatic heterocycles. The van der Waals surface area contributed by atoms with E-state index in [1.54, 1.807) is 6.92 Å². The second-order valence-corrected chi connectivity index (χ2v) is 6.83. The summed E-state index contributed by atoms with van der Waals surface area (Å²) in [5, 5.41) is 2.92. The molecule has 1 aliphatic rings. The van der Waals surface area contributed by atoms with Crippen LogP contribution in [0.1, 0.15) is 37.4 Å². The Bertz CT molecular complexity index is 831. The van der Waals surface area contributed by atoms with Gasteiger partial charge in [0.1, 0.15) is 24.7 Å². The molecule has 0 fully saturated rings. The predicted octanol–water partition coefficient (Wildman–Crippen LogP) is 3.24. The van der Waals surface area contributed by atoms with Gasteiger partial charge in [-0.1, -0.05) is 18.2 Å². The van der Waals surface area contributed by atoms with Gasteiger partial charge in [0.05, 0.1) is 6.04 Å². The Morgan fingerprint density at radius 2 is 1.79 bits per heavy atom. The number of carbonyl (C=O) groups excluding carboxylic acids is 2. The van der Waals surface area contributed by atoms with Crippen LogP contribution < -0.4 is 19.5 Å². The van der Waals surface area contributed by atoms with Gasteiger partial charge in [-0.15, -0.1) is 0 Å². The molecule has 0 spiro atoms. The Balaban J connectivity index is 1.48. The quantitative estimate of drug-likeness (QED) is 0.758. The van der Waals surface area contributed by atoms with Crippen LogP contribution in [0.25, 0.3) is 0 Å². The Morgan fingerprint density at radius 1 is 1.07 bits per heavy atom. The summed E-state index contributed by atoms with van der Waals surface area (Å²) in [7, 11) is 0. The molecule has 0 saturated heterocycles. The summed E-state index contributed by atoms with van der Waals surface area (Å²) in [6, 6.07) is 12.9. The topological polar surface area (TPSA) is 73.9 Å². The van der Waals surface area contributed by atoms with Crippen molar-refractivity contribution in [3.05, 3.63) is 53.6 Å². The van der Waals surface area contributed by atoms with Crippen LogP contribution in [0.3, 0.4) is 0 Å². The SMILES string of the molecule is CC(=O)CCc1ccc(OCC(=O)N[C@H](C)c2ccc3c(c2)OCCO3)cc1. The molecule has 1 amide bonds. The summed E-state index contributed by atoms with van der Waals surface area (Å²) in [5.74, 6) is 2.01. The van der Waals surface area contributed by atoms with Gasteiger partial charge in [0.25, 0.3) is 5.91 Å². The fourth-order valence-electron chi connectivity index (χ4n) is 2.92. The maximum atomic E-state index is 12.2. The number of hydrogen-bond donors (Lipinski definition) is 1. The average molecular weight is 383 g/mol. The van der Waals surface area contributed by atoms with Gasteiger partial charge in [-0.2, -0.15) is 0 Å². The fourth-order valence-corrected chi connectivity index (χ4v) is 2.92. The maximum Gasteiger partial charge on any atom is 0.258 e. The van der Waals surface area contributed by atoms with Crippen LogP contribution in [0, 0.1) is 0 Å². The molecule has 1 heterocycles. The summed E-state index contributed by atoms with van der Waals surface area (Å²) >= 11 is 0. The number of benzene rings is 2. The van der Waals surface area contributed by atoms with Crippen molar-refractivity contribution in [2.24, 2.45) is 0 Å². The Morgan fingerprint density at radius 3 is 2.50 bits per heavy atom. The first-order valence-corrected chi connectivity index (χ1v) is 9.41. The second-order valence-electron chi connectivity index (χ2n) is 6.83. The average Bonchev–Trinajstić information content (AvgIpc) is 2.71. The fraction of sp³-hybridized carbons (Fsp3) is 0.364. The summed E-state index contributed by atoms with van der Waals surface area (Å²) in [6.07, 6.45) is 1.24. The van der Waals surface area contributed by atoms with E-state index in [0.29, 0.717) is 37.6 Å². The van der Waals surface area contributed by atoms with Crippen molar-refractivity contribution in [3.63, 3.8) is 0 Å². The monoisotopic (exact) mass is 383 g/mol. The molecule has 1 atom stereocenters. The summed E-state index contributed by atoms with van der Waals surface area (Å²) < 4.78 is 16.6. The van der Waals surface area contributed by atoms with E-state index in [1.165, 1.54) is 0 Å². The number of aryl methyl sites for hydroxylation is 1. The van der Waals surface area contributed by atoms with E-state index < -0.39 is 0 Å². The minimum absolute atomic E-state index is 0.0678. The summed E-state index contributed by atoms with van der Waals surface area (Å²) in [4.78, 5) is 23.2. The highest BCUT2D eigenvalue weighted by Gasteiger charge is 2.16. The van der Waals surface area contributed by atoms with Crippen LogP contribution >= 0.6 is 0 Å². The molecule has 0 aliphatic carbocycles. The third-order valence-corrected chi connectivity index (χ3v) is 4.50. The molecular weight excluding hydrogens is 358 g/mol. The second kappa shape index (κ2) is 9.26. The number of ether oxygens (including phenoxy) is 3. The van der Waals surface area contributed by atoms with E-state index in [9.17, 15) is 9.59 Å². The zero-order chi connectivity index (χ0) is 19.9. The number of nitrogens with one attached hydrogen (secondary N) is 1. The van der Waals surface area contributed by atoms with E-state index in [4.69, 9.17) is 14.2 Å². The normalized spacial score (nSPS) is 13.5. The number of amides is 1. The van der Waals surface area contributed by atoms with Crippen LogP contribution in [0.15, 0.2) is 42.5 Å². The van der Waals surface area contributed by atoms with Crippen LogP contribution in [-0.4, -0.2) is 31.5 Å². The molecule has 0 unspecified atom stereocenters. The molecule has 1 N–H and O–H groups in total. The Kier molecular flexibility index (Phi) is 6.53. The van der Waals surface area contributed by atoms with Crippen molar-refractivity contribution >= 4 is 11.7 Å².